The zero-order valence-corrected chi connectivity index (χ0v) is 23.1. The van der Waals surface area contributed by atoms with E-state index in [4.69, 9.17) is 5.73 Å². The molecule has 4 rings (SSSR count). The van der Waals surface area contributed by atoms with Crippen molar-refractivity contribution in [3.8, 4) is 5.75 Å². The fourth-order valence-electron chi connectivity index (χ4n) is 5.35. The van der Waals surface area contributed by atoms with Crippen LogP contribution in [0.25, 0.3) is 0 Å². The maximum absolute atomic E-state index is 13.5. The van der Waals surface area contributed by atoms with Crippen molar-refractivity contribution in [3.63, 3.8) is 0 Å². The molecule has 1 aliphatic rings. The number of carbonyl (C=O) groups excluding carboxylic acids is 3. The van der Waals surface area contributed by atoms with Crippen LogP contribution < -0.4 is 16.4 Å². The summed E-state index contributed by atoms with van der Waals surface area (Å²) in [5.74, 6) is -0.761. The molecule has 0 aromatic heterocycles. The van der Waals surface area contributed by atoms with Crippen LogP contribution in [0.2, 0.25) is 0 Å². The maximum Gasteiger partial charge on any atom is 0.243 e. The summed E-state index contributed by atoms with van der Waals surface area (Å²) >= 11 is 0. The van der Waals surface area contributed by atoms with Crippen molar-refractivity contribution in [2.24, 2.45) is 5.73 Å². The fraction of sp³-hybridized carbons (Fsp3) is 0.344. The number of aromatic hydroxyl groups is 1. The van der Waals surface area contributed by atoms with Gasteiger partial charge < -0.3 is 26.4 Å². The summed E-state index contributed by atoms with van der Waals surface area (Å²) in [5.41, 5.74) is 10.9. The zero-order chi connectivity index (χ0) is 28.6. The van der Waals surface area contributed by atoms with E-state index in [9.17, 15) is 19.5 Å². The predicted molar refractivity (Wildman–Crippen MR) is 154 cm³/mol. The van der Waals surface area contributed by atoms with E-state index in [0.717, 1.165) is 27.8 Å². The number of amides is 3. The van der Waals surface area contributed by atoms with Crippen molar-refractivity contribution in [2.75, 3.05) is 6.54 Å². The summed E-state index contributed by atoms with van der Waals surface area (Å²) in [6.07, 6.45) is 1.82. The van der Waals surface area contributed by atoms with Crippen LogP contribution >= 0.6 is 0 Å². The fourth-order valence-corrected chi connectivity index (χ4v) is 5.35. The van der Waals surface area contributed by atoms with Crippen LogP contribution in [0.15, 0.2) is 72.8 Å². The Kier molecular flexibility index (Phi) is 9.56. The molecule has 3 aromatic rings. The molecular weight excluding hydrogens is 504 g/mol. The van der Waals surface area contributed by atoms with Crippen molar-refractivity contribution in [1.82, 2.24) is 15.5 Å². The van der Waals surface area contributed by atoms with Gasteiger partial charge in [0.15, 0.2) is 0 Å². The van der Waals surface area contributed by atoms with Gasteiger partial charge >= 0.3 is 0 Å². The Morgan fingerprint density at radius 2 is 1.55 bits per heavy atom. The number of hydrogen-bond acceptors (Lipinski definition) is 5. The number of carbonyl (C=O) groups is 3. The lowest BCUT2D eigenvalue weighted by molar-refractivity contribution is -0.140. The Morgan fingerprint density at radius 3 is 2.17 bits per heavy atom. The first kappa shape index (κ1) is 28.8. The summed E-state index contributed by atoms with van der Waals surface area (Å²) in [7, 11) is 0. The number of phenolic OH excluding ortho intramolecular Hbond substituents is 1. The minimum Gasteiger partial charge on any atom is -0.508 e. The Hall–Kier alpha value is -4.17. The molecule has 8 heteroatoms. The molecule has 1 fully saturated rings. The molecule has 5 N–H and O–H groups in total. The molecule has 3 amide bonds. The number of phenols is 1. The van der Waals surface area contributed by atoms with Gasteiger partial charge in [0.2, 0.25) is 17.7 Å². The van der Waals surface area contributed by atoms with E-state index >= 15 is 0 Å². The number of hydrogen-bond donors (Lipinski definition) is 4. The Bertz CT molecular complexity index is 1310. The van der Waals surface area contributed by atoms with Crippen LogP contribution in [0.4, 0.5) is 0 Å². The highest BCUT2D eigenvalue weighted by molar-refractivity contribution is 5.93. The predicted octanol–water partition coefficient (Wildman–Crippen LogP) is 2.91. The molecular formula is C32H38N4O4. The first-order valence-electron chi connectivity index (χ1n) is 13.7. The van der Waals surface area contributed by atoms with E-state index < -0.39 is 18.1 Å². The van der Waals surface area contributed by atoms with Crippen LogP contribution in [0, 0.1) is 13.8 Å². The number of rotatable bonds is 10. The van der Waals surface area contributed by atoms with E-state index in [-0.39, 0.29) is 23.5 Å². The summed E-state index contributed by atoms with van der Waals surface area (Å²) in [6.45, 7) is 4.53. The third-order valence-corrected chi connectivity index (χ3v) is 7.49. The molecule has 0 saturated carbocycles. The van der Waals surface area contributed by atoms with E-state index in [1.54, 1.807) is 17.0 Å². The average molecular weight is 543 g/mol. The highest BCUT2D eigenvalue weighted by Gasteiger charge is 2.37. The van der Waals surface area contributed by atoms with Gasteiger partial charge in [-0.15, -0.1) is 0 Å². The van der Waals surface area contributed by atoms with E-state index in [1.807, 2.05) is 74.5 Å². The van der Waals surface area contributed by atoms with Gasteiger partial charge in [0.1, 0.15) is 17.8 Å². The van der Waals surface area contributed by atoms with Crippen LogP contribution in [0.3, 0.4) is 0 Å². The lowest BCUT2D eigenvalue weighted by Gasteiger charge is -2.29. The molecule has 40 heavy (non-hydrogen) atoms. The SMILES string of the molecule is Cc1cc(O)cc(C)c1C[C@H](N)C(=O)N1CCC[C@H]1C(=O)N[C@@H](Cc1ccccc1)C(=O)NCc1ccccc1. The molecule has 210 valence electrons. The second-order valence-corrected chi connectivity index (χ2v) is 10.5. The van der Waals surface area contributed by atoms with Gasteiger partial charge in [0, 0.05) is 19.5 Å². The first-order valence-corrected chi connectivity index (χ1v) is 13.7. The van der Waals surface area contributed by atoms with Crippen molar-refractivity contribution >= 4 is 17.7 Å². The van der Waals surface area contributed by atoms with E-state index in [0.29, 0.717) is 38.8 Å². The van der Waals surface area contributed by atoms with Gasteiger partial charge in [0.25, 0.3) is 0 Å². The zero-order valence-electron chi connectivity index (χ0n) is 23.1. The molecule has 8 nitrogen and oxygen atoms in total. The number of likely N-dealkylation sites (tertiary alicyclic amines) is 1. The molecule has 3 atom stereocenters. The molecule has 0 radical (unpaired) electrons. The van der Waals surface area contributed by atoms with Crippen molar-refractivity contribution < 1.29 is 19.5 Å². The monoisotopic (exact) mass is 542 g/mol. The molecule has 1 saturated heterocycles. The molecule has 0 bridgehead atoms. The third-order valence-electron chi connectivity index (χ3n) is 7.49. The average Bonchev–Trinajstić information content (AvgIpc) is 3.44. The lowest BCUT2D eigenvalue weighted by atomic mass is 9.95. The Balaban J connectivity index is 1.44. The summed E-state index contributed by atoms with van der Waals surface area (Å²) < 4.78 is 0. The quantitative estimate of drug-likeness (QED) is 0.314. The number of nitrogens with one attached hydrogen (secondary N) is 2. The standard InChI is InChI=1S/C32H38N4O4/c1-21-16-25(37)17-22(2)26(21)19-27(33)32(40)36-15-9-14-29(36)31(39)35-28(18-23-10-5-3-6-11-23)30(38)34-20-24-12-7-4-8-13-24/h3-8,10-13,16-17,27-29,37H,9,14-15,18-20,33H2,1-2H3,(H,34,38)(H,35,39)/t27-,28-,29-/m0/s1. The largest absolute Gasteiger partial charge is 0.508 e. The van der Waals surface area contributed by atoms with E-state index in [2.05, 4.69) is 10.6 Å². The highest BCUT2D eigenvalue weighted by Crippen LogP contribution is 2.24. The number of nitrogens with two attached hydrogens (primary N) is 1. The number of nitrogens with zero attached hydrogens (tertiary/aromatic N) is 1. The van der Waals surface area contributed by atoms with Crippen LogP contribution in [0.5, 0.6) is 5.75 Å². The minimum atomic E-state index is -0.829. The number of aryl methyl sites for hydroxylation is 2. The smallest absolute Gasteiger partial charge is 0.243 e. The molecule has 3 aromatic carbocycles. The Labute approximate surface area is 235 Å². The van der Waals surface area contributed by atoms with Crippen LogP contribution in [-0.4, -0.2) is 52.4 Å². The second kappa shape index (κ2) is 13.3. The Morgan fingerprint density at radius 1 is 0.950 bits per heavy atom. The van der Waals surface area contributed by atoms with Crippen LogP contribution in [-0.2, 0) is 33.8 Å². The maximum atomic E-state index is 13.5. The normalized spacial score (nSPS) is 16.3. The minimum absolute atomic E-state index is 0.174. The number of benzene rings is 3. The van der Waals surface area contributed by atoms with Crippen LogP contribution in [0.1, 0.15) is 40.7 Å². The third kappa shape index (κ3) is 7.27. The topological polar surface area (TPSA) is 125 Å². The molecule has 1 heterocycles. The van der Waals surface area contributed by atoms with Gasteiger partial charge in [-0.25, -0.2) is 0 Å². The molecule has 0 spiro atoms. The van der Waals surface area contributed by atoms with Gasteiger partial charge in [-0.1, -0.05) is 60.7 Å². The van der Waals surface area contributed by atoms with Crippen molar-refractivity contribution in [3.05, 3.63) is 101 Å². The van der Waals surface area contributed by atoms with Gasteiger partial charge in [-0.05, 0) is 73.1 Å². The molecule has 0 unspecified atom stereocenters. The summed E-state index contributed by atoms with van der Waals surface area (Å²) in [4.78, 5) is 41.7. The summed E-state index contributed by atoms with van der Waals surface area (Å²) in [5, 5.41) is 15.7. The molecule has 1 aliphatic heterocycles. The van der Waals surface area contributed by atoms with Gasteiger partial charge in [0.05, 0.1) is 6.04 Å². The van der Waals surface area contributed by atoms with Gasteiger partial charge in [-0.2, -0.15) is 0 Å². The van der Waals surface area contributed by atoms with Crippen molar-refractivity contribution in [2.45, 2.75) is 64.2 Å². The first-order chi connectivity index (χ1) is 19.2. The second-order valence-electron chi connectivity index (χ2n) is 10.5. The van der Waals surface area contributed by atoms with E-state index in [1.165, 1.54) is 0 Å². The van der Waals surface area contributed by atoms with Gasteiger partial charge in [-0.3, -0.25) is 14.4 Å². The lowest BCUT2D eigenvalue weighted by Crippen LogP contribution is -2.56. The highest BCUT2D eigenvalue weighted by atomic mass is 16.3. The summed E-state index contributed by atoms with van der Waals surface area (Å²) in [6, 6.07) is 20.1. The molecule has 0 aliphatic carbocycles. The van der Waals surface area contributed by atoms with Crippen molar-refractivity contribution in [1.29, 1.82) is 0 Å².